The first-order chi connectivity index (χ1) is 9.61. The molecule has 1 amide bonds. The number of amides is 1. The largest absolute Gasteiger partial charge is 0.324 e. The second-order valence-corrected chi connectivity index (χ2v) is 5.33. The molecule has 104 valence electrons. The normalized spacial score (nSPS) is 11.9. The SMILES string of the molecule is CC[C@@H](C(=O)Nc1ccc(Cl)cc1Cl)c1ccccc1. The van der Waals surface area contributed by atoms with Gasteiger partial charge in [-0.05, 0) is 30.2 Å². The van der Waals surface area contributed by atoms with Crippen LogP contribution in [0.3, 0.4) is 0 Å². The summed E-state index contributed by atoms with van der Waals surface area (Å²) >= 11 is 11.9. The van der Waals surface area contributed by atoms with Crippen molar-refractivity contribution in [1.29, 1.82) is 0 Å². The van der Waals surface area contributed by atoms with Crippen molar-refractivity contribution < 1.29 is 4.79 Å². The molecule has 2 aromatic rings. The molecular formula is C16H15Cl2NO. The molecule has 0 aliphatic heterocycles. The number of benzene rings is 2. The van der Waals surface area contributed by atoms with Gasteiger partial charge in [-0.1, -0.05) is 60.5 Å². The molecule has 20 heavy (non-hydrogen) atoms. The number of hydrogen-bond acceptors (Lipinski definition) is 1. The van der Waals surface area contributed by atoms with Crippen LogP contribution in [0.5, 0.6) is 0 Å². The van der Waals surface area contributed by atoms with E-state index < -0.39 is 0 Å². The second kappa shape index (κ2) is 6.78. The van der Waals surface area contributed by atoms with Crippen molar-refractivity contribution in [3.63, 3.8) is 0 Å². The summed E-state index contributed by atoms with van der Waals surface area (Å²) in [5.74, 6) is -0.258. The van der Waals surface area contributed by atoms with Crippen molar-refractivity contribution in [2.24, 2.45) is 0 Å². The smallest absolute Gasteiger partial charge is 0.231 e. The number of carbonyl (C=O) groups excluding carboxylic acids is 1. The van der Waals surface area contributed by atoms with Gasteiger partial charge in [-0.15, -0.1) is 0 Å². The van der Waals surface area contributed by atoms with E-state index in [9.17, 15) is 4.79 Å². The van der Waals surface area contributed by atoms with Gasteiger partial charge < -0.3 is 5.32 Å². The minimum Gasteiger partial charge on any atom is -0.324 e. The highest BCUT2D eigenvalue weighted by Gasteiger charge is 2.19. The number of carbonyl (C=O) groups is 1. The predicted molar refractivity (Wildman–Crippen MR) is 84.6 cm³/mol. The number of hydrogen-bond donors (Lipinski definition) is 1. The lowest BCUT2D eigenvalue weighted by molar-refractivity contribution is -0.117. The average molecular weight is 308 g/mol. The highest BCUT2D eigenvalue weighted by molar-refractivity contribution is 6.36. The van der Waals surface area contributed by atoms with Crippen LogP contribution in [0, 0.1) is 0 Å². The Hall–Kier alpha value is -1.51. The zero-order chi connectivity index (χ0) is 14.5. The van der Waals surface area contributed by atoms with Crippen molar-refractivity contribution in [1.82, 2.24) is 0 Å². The summed E-state index contributed by atoms with van der Waals surface area (Å²) in [5, 5.41) is 3.84. The topological polar surface area (TPSA) is 29.1 Å². The van der Waals surface area contributed by atoms with Crippen molar-refractivity contribution in [2.45, 2.75) is 19.3 Å². The van der Waals surface area contributed by atoms with Crippen LogP contribution in [0.1, 0.15) is 24.8 Å². The third-order valence-electron chi connectivity index (χ3n) is 3.12. The van der Waals surface area contributed by atoms with Gasteiger partial charge in [-0.3, -0.25) is 4.79 Å². The lowest BCUT2D eigenvalue weighted by Gasteiger charge is -2.16. The first-order valence-corrected chi connectivity index (χ1v) is 7.18. The van der Waals surface area contributed by atoms with E-state index in [4.69, 9.17) is 23.2 Å². The van der Waals surface area contributed by atoms with Crippen LogP contribution in [0.25, 0.3) is 0 Å². The summed E-state index contributed by atoms with van der Waals surface area (Å²) in [6.45, 7) is 1.99. The summed E-state index contributed by atoms with van der Waals surface area (Å²) in [5.41, 5.74) is 1.58. The standard InChI is InChI=1S/C16H15Cl2NO/c1-2-13(11-6-4-3-5-7-11)16(20)19-15-9-8-12(17)10-14(15)18/h3-10,13H,2H2,1H3,(H,19,20)/t13-/m1/s1. The molecule has 4 heteroatoms. The van der Waals surface area contributed by atoms with Crippen molar-refractivity contribution >= 4 is 34.8 Å². The first kappa shape index (κ1) is 14.9. The van der Waals surface area contributed by atoms with E-state index in [2.05, 4.69) is 5.32 Å². The molecule has 1 atom stereocenters. The van der Waals surface area contributed by atoms with Gasteiger partial charge >= 0.3 is 0 Å². The van der Waals surface area contributed by atoms with E-state index in [1.54, 1.807) is 18.2 Å². The number of halogens is 2. The average Bonchev–Trinajstić information content (AvgIpc) is 2.44. The molecule has 0 saturated carbocycles. The van der Waals surface area contributed by atoms with Crippen LogP contribution in [0.15, 0.2) is 48.5 Å². The fourth-order valence-electron chi connectivity index (χ4n) is 2.07. The van der Waals surface area contributed by atoms with Gasteiger partial charge in [-0.25, -0.2) is 0 Å². The van der Waals surface area contributed by atoms with E-state index in [1.165, 1.54) is 0 Å². The number of rotatable bonds is 4. The highest BCUT2D eigenvalue weighted by atomic mass is 35.5. The Morgan fingerprint density at radius 1 is 1.15 bits per heavy atom. The van der Waals surface area contributed by atoms with Crippen LogP contribution in [0.2, 0.25) is 10.0 Å². The zero-order valence-corrected chi connectivity index (χ0v) is 12.6. The fraction of sp³-hybridized carbons (Fsp3) is 0.188. The van der Waals surface area contributed by atoms with Crippen LogP contribution >= 0.6 is 23.2 Å². The molecule has 0 aliphatic carbocycles. The maximum absolute atomic E-state index is 12.4. The molecule has 0 heterocycles. The Bertz CT molecular complexity index is 599. The second-order valence-electron chi connectivity index (χ2n) is 4.48. The van der Waals surface area contributed by atoms with Gasteiger partial charge in [0.05, 0.1) is 16.6 Å². The van der Waals surface area contributed by atoms with E-state index in [-0.39, 0.29) is 11.8 Å². The highest BCUT2D eigenvalue weighted by Crippen LogP contribution is 2.27. The summed E-state index contributed by atoms with van der Waals surface area (Å²) in [6.07, 6.45) is 0.723. The summed E-state index contributed by atoms with van der Waals surface area (Å²) in [6, 6.07) is 14.7. The van der Waals surface area contributed by atoms with Crippen LogP contribution in [0.4, 0.5) is 5.69 Å². The number of nitrogens with one attached hydrogen (secondary N) is 1. The molecule has 0 radical (unpaired) electrons. The predicted octanol–water partition coefficient (Wildman–Crippen LogP) is 5.13. The monoisotopic (exact) mass is 307 g/mol. The van der Waals surface area contributed by atoms with Crippen molar-refractivity contribution in [3.8, 4) is 0 Å². The Kier molecular flexibility index (Phi) is 5.05. The third-order valence-corrected chi connectivity index (χ3v) is 3.66. The van der Waals surface area contributed by atoms with Gasteiger partial charge in [0.2, 0.25) is 5.91 Å². The molecule has 2 nitrogen and oxygen atoms in total. The minimum atomic E-state index is -0.192. The Morgan fingerprint density at radius 3 is 2.45 bits per heavy atom. The first-order valence-electron chi connectivity index (χ1n) is 6.42. The maximum atomic E-state index is 12.4. The van der Waals surface area contributed by atoms with Gasteiger partial charge in [0, 0.05) is 5.02 Å². The van der Waals surface area contributed by atoms with E-state index in [0.717, 1.165) is 12.0 Å². The fourth-order valence-corrected chi connectivity index (χ4v) is 2.52. The summed E-state index contributed by atoms with van der Waals surface area (Å²) in [7, 11) is 0. The molecule has 1 N–H and O–H groups in total. The molecular weight excluding hydrogens is 293 g/mol. The minimum absolute atomic E-state index is 0.0667. The third kappa shape index (κ3) is 3.53. The molecule has 0 unspecified atom stereocenters. The Labute approximate surface area is 128 Å². The lowest BCUT2D eigenvalue weighted by atomic mass is 9.95. The maximum Gasteiger partial charge on any atom is 0.231 e. The van der Waals surface area contributed by atoms with Gasteiger partial charge in [0.15, 0.2) is 0 Å². The van der Waals surface area contributed by atoms with Gasteiger partial charge in [-0.2, -0.15) is 0 Å². The van der Waals surface area contributed by atoms with Gasteiger partial charge in [0.1, 0.15) is 0 Å². The number of anilines is 1. The molecule has 0 aromatic heterocycles. The molecule has 0 fully saturated rings. The Balaban J connectivity index is 2.18. The summed E-state index contributed by atoms with van der Waals surface area (Å²) in [4.78, 5) is 12.4. The summed E-state index contributed by atoms with van der Waals surface area (Å²) < 4.78 is 0. The lowest BCUT2D eigenvalue weighted by Crippen LogP contribution is -2.20. The molecule has 0 spiro atoms. The van der Waals surface area contributed by atoms with Crippen molar-refractivity contribution in [2.75, 3.05) is 5.32 Å². The Morgan fingerprint density at radius 2 is 1.85 bits per heavy atom. The van der Waals surface area contributed by atoms with E-state index >= 15 is 0 Å². The van der Waals surface area contributed by atoms with E-state index in [1.807, 2.05) is 37.3 Å². The van der Waals surface area contributed by atoms with Crippen LogP contribution < -0.4 is 5.32 Å². The van der Waals surface area contributed by atoms with Crippen molar-refractivity contribution in [3.05, 3.63) is 64.1 Å². The molecule has 0 aliphatic rings. The van der Waals surface area contributed by atoms with E-state index in [0.29, 0.717) is 15.7 Å². The molecule has 0 saturated heterocycles. The van der Waals surface area contributed by atoms with Crippen LogP contribution in [-0.4, -0.2) is 5.91 Å². The molecule has 2 rings (SSSR count). The van der Waals surface area contributed by atoms with Crippen LogP contribution in [-0.2, 0) is 4.79 Å². The zero-order valence-electron chi connectivity index (χ0n) is 11.1. The van der Waals surface area contributed by atoms with Gasteiger partial charge in [0.25, 0.3) is 0 Å². The quantitative estimate of drug-likeness (QED) is 0.834. The molecule has 0 bridgehead atoms. The molecule has 2 aromatic carbocycles.